The Morgan fingerprint density at radius 1 is 1.26 bits per heavy atom. The van der Waals surface area contributed by atoms with Gasteiger partial charge in [0.25, 0.3) is 5.91 Å². The van der Waals surface area contributed by atoms with Crippen LogP contribution in [0.5, 0.6) is 5.75 Å². The molecular weight excluding hydrogens is 401 g/mol. The zero-order valence-electron chi connectivity index (χ0n) is 18.2. The number of anilines is 2. The van der Waals surface area contributed by atoms with E-state index in [0.29, 0.717) is 28.5 Å². The molecule has 9 nitrogen and oxygen atoms in total. The lowest BCUT2D eigenvalue weighted by Gasteiger charge is -2.18. The maximum absolute atomic E-state index is 13.7. The molecule has 3 rings (SSSR count). The van der Waals surface area contributed by atoms with Crippen molar-refractivity contribution in [2.75, 3.05) is 33.1 Å². The number of hydrogen-bond acceptors (Lipinski definition) is 7. The van der Waals surface area contributed by atoms with Crippen LogP contribution < -0.4 is 15.4 Å². The molecule has 1 unspecified atom stereocenters. The number of carbonyl (C=O) groups excluding carboxylic acids is 1. The van der Waals surface area contributed by atoms with Crippen molar-refractivity contribution in [3.8, 4) is 17.1 Å². The molecule has 164 valence electrons. The van der Waals surface area contributed by atoms with E-state index in [1.54, 1.807) is 31.4 Å². The van der Waals surface area contributed by atoms with Crippen molar-refractivity contribution in [3.63, 3.8) is 0 Å². The number of benzene rings is 1. The molecule has 1 atom stereocenters. The van der Waals surface area contributed by atoms with Gasteiger partial charge in [-0.2, -0.15) is 5.10 Å². The molecular formula is C21H26FN7O2. The normalized spacial score (nSPS) is 12.0. The summed E-state index contributed by atoms with van der Waals surface area (Å²) in [6.45, 7) is 2.67. The quantitative estimate of drug-likeness (QED) is 0.570. The van der Waals surface area contributed by atoms with Crippen LogP contribution in [0.2, 0.25) is 0 Å². The lowest BCUT2D eigenvalue weighted by molar-refractivity contribution is 0.0925. The third-order valence-corrected chi connectivity index (χ3v) is 4.41. The number of nitrogens with zero attached hydrogens (tertiary/aromatic N) is 5. The SMILES string of the molecule is COc1cc(F)cc(Nc2nccc(-c3cc(C(=O)NC(C)CN(C)C)n(C)n3)n2)c1. The molecule has 2 heterocycles. The molecule has 3 aromatic rings. The van der Waals surface area contributed by atoms with Gasteiger partial charge < -0.3 is 20.3 Å². The molecule has 1 aromatic carbocycles. The minimum atomic E-state index is -0.443. The highest BCUT2D eigenvalue weighted by Crippen LogP contribution is 2.23. The summed E-state index contributed by atoms with van der Waals surface area (Å²) in [7, 11) is 7.07. The van der Waals surface area contributed by atoms with Crippen LogP contribution in [0, 0.1) is 5.82 Å². The van der Waals surface area contributed by atoms with E-state index >= 15 is 0 Å². The summed E-state index contributed by atoms with van der Waals surface area (Å²) in [4.78, 5) is 23.2. The Morgan fingerprint density at radius 3 is 2.74 bits per heavy atom. The van der Waals surface area contributed by atoms with Crippen molar-refractivity contribution in [1.82, 2.24) is 30.0 Å². The van der Waals surface area contributed by atoms with Gasteiger partial charge in [0, 0.05) is 43.7 Å². The molecule has 0 fully saturated rings. The summed E-state index contributed by atoms with van der Waals surface area (Å²) in [6, 6.07) is 7.58. The number of halogens is 1. The van der Waals surface area contributed by atoms with Gasteiger partial charge in [0.15, 0.2) is 0 Å². The maximum Gasteiger partial charge on any atom is 0.269 e. The number of hydrogen-bond donors (Lipinski definition) is 2. The molecule has 0 aliphatic heterocycles. The summed E-state index contributed by atoms with van der Waals surface area (Å²) >= 11 is 0. The zero-order valence-corrected chi connectivity index (χ0v) is 18.2. The molecule has 0 aliphatic rings. The number of likely N-dealkylation sites (N-methyl/N-ethyl adjacent to an activating group) is 1. The molecule has 1 amide bonds. The van der Waals surface area contributed by atoms with Gasteiger partial charge in [-0.05, 0) is 39.2 Å². The third kappa shape index (κ3) is 5.76. The molecule has 2 N–H and O–H groups in total. The number of aromatic nitrogens is 4. The van der Waals surface area contributed by atoms with E-state index in [4.69, 9.17) is 4.74 Å². The zero-order chi connectivity index (χ0) is 22.5. The van der Waals surface area contributed by atoms with Crippen LogP contribution in [-0.4, -0.2) is 64.3 Å². The highest BCUT2D eigenvalue weighted by atomic mass is 19.1. The van der Waals surface area contributed by atoms with Crippen LogP contribution >= 0.6 is 0 Å². The van der Waals surface area contributed by atoms with Crippen molar-refractivity contribution in [1.29, 1.82) is 0 Å². The van der Waals surface area contributed by atoms with Crippen molar-refractivity contribution < 1.29 is 13.9 Å². The summed E-state index contributed by atoms with van der Waals surface area (Å²) in [5.74, 6) is -0.0133. The van der Waals surface area contributed by atoms with Gasteiger partial charge in [-0.15, -0.1) is 0 Å². The second-order valence-electron chi connectivity index (χ2n) is 7.45. The predicted molar refractivity (Wildman–Crippen MR) is 116 cm³/mol. The first kappa shape index (κ1) is 22.2. The van der Waals surface area contributed by atoms with Gasteiger partial charge in [-0.25, -0.2) is 14.4 Å². The summed E-state index contributed by atoms with van der Waals surface area (Å²) in [6.07, 6.45) is 1.56. The number of rotatable bonds is 8. The predicted octanol–water partition coefficient (Wildman–Crippen LogP) is 2.45. The lowest BCUT2D eigenvalue weighted by atomic mass is 10.2. The third-order valence-electron chi connectivity index (χ3n) is 4.41. The van der Waals surface area contributed by atoms with Crippen molar-refractivity contribution >= 4 is 17.5 Å². The number of ether oxygens (including phenoxy) is 1. The van der Waals surface area contributed by atoms with E-state index < -0.39 is 5.82 Å². The van der Waals surface area contributed by atoms with Gasteiger partial charge in [-0.1, -0.05) is 0 Å². The summed E-state index contributed by atoms with van der Waals surface area (Å²) < 4.78 is 20.3. The van der Waals surface area contributed by atoms with Crippen LogP contribution in [0.1, 0.15) is 17.4 Å². The van der Waals surface area contributed by atoms with Crippen LogP contribution in [0.4, 0.5) is 16.0 Å². The Labute approximate surface area is 180 Å². The number of methoxy groups -OCH3 is 1. The fourth-order valence-corrected chi connectivity index (χ4v) is 3.14. The van der Waals surface area contributed by atoms with E-state index in [9.17, 15) is 9.18 Å². The minimum Gasteiger partial charge on any atom is -0.497 e. The average molecular weight is 427 g/mol. The second kappa shape index (κ2) is 9.52. The average Bonchev–Trinajstić information content (AvgIpc) is 3.09. The van der Waals surface area contributed by atoms with Gasteiger partial charge in [0.2, 0.25) is 5.95 Å². The highest BCUT2D eigenvalue weighted by Gasteiger charge is 2.17. The molecule has 0 spiro atoms. The van der Waals surface area contributed by atoms with E-state index in [1.807, 2.05) is 25.9 Å². The van der Waals surface area contributed by atoms with Crippen LogP contribution in [-0.2, 0) is 7.05 Å². The van der Waals surface area contributed by atoms with Gasteiger partial charge >= 0.3 is 0 Å². The molecule has 2 aromatic heterocycles. The molecule has 0 saturated carbocycles. The number of amides is 1. The summed E-state index contributed by atoms with van der Waals surface area (Å²) in [5, 5.41) is 10.3. The first-order valence-corrected chi connectivity index (χ1v) is 9.70. The van der Waals surface area contributed by atoms with Crippen molar-refractivity contribution in [2.45, 2.75) is 13.0 Å². The fourth-order valence-electron chi connectivity index (χ4n) is 3.14. The number of aryl methyl sites for hydroxylation is 1. The fraction of sp³-hybridized carbons (Fsp3) is 0.333. The maximum atomic E-state index is 13.7. The summed E-state index contributed by atoms with van der Waals surface area (Å²) in [5.41, 5.74) is 1.92. The number of nitrogens with one attached hydrogen (secondary N) is 2. The molecule has 0 aliphatic carbocycles. The molecule has 0 saturated heterocycles. The van der Waals surface area contributed by atoms with E-state index in [0.717, 1.165) is 6.54 Å². The molecule has 10 heteroatoms. The van der Waals surface area contributed by atoms with Crippen LogP contribution in [0.25, 0.3) is 11.4 Å². The van der Waals surface area contributed by atoms with E-state index in [2.05, 4.69) is 25.7 Å². The van der Waals surface area contributed by atoms with Gasteiger partial charge in [0.05, 0.1) is 12.8 Å². The van der Waals surface area contributed by atoms with Gasteiger partial charge in [0.1, 0.15) is 23.0 Å². The Bertz CT molecular complexity index is 1070. The Morgan fingerprint density at radius 2 is 2.03 bits per heavy atom. The smallest absolute Gasteiger partial charge is 0.269 e. The van der Waals surface area contributed by atoms with Crippen molar-refractivity contribution in [2.24, 2.45) is 7.05 Å². The molecule has 0 radical (unpaired) electrons. The Balaban J connectivity index is 1.79. The van der Waals surface area contributed by atoms with Crippen LogP contribution in [0.3, 0.4) is 0 Å². The Kier molecular flexibility index (Phi) is 6.81. The highest BCUT2D eigenvalue weighted by molar-refractivity contribution is 5.93. The first-order valence-electron chi connectivity index (χ1n) is 9.70. The number of carbonyl (C=O) groups is 1. The minimum absolute atomic E-state index is 0.0148. The molecule has 31 heavy (non-hydrogen) atoms. The second-order valence-corrected chi connectivity index (χ2v) is 7.45. The lowest BCUT2D eigenvalue weighted by Crippen LogP contribution is -2.40. The van der Waals surface area contributed by atoms with E-state index in [1.165, 1.54) is 23.9 Å². The standard InChI is InChI=1S/C21H26FN7O2/c1-13(12-28(2)3)24-20(30)19-11-18(27-29(19)4)17-6-7-23-21(26-17)25-15-8-14(22)9-16(10-15)31-5/h6-11,13H,12H2,1-5H3,(H,24,30)(H,23,25,26). The first-order chi connectivity index (χ1) is 14.7. The topological polar surface area (TPSA) is 97.2 Å². The van der Waals surface area contributed by atoms with Crippen molar-refractivity contribution in [3.05, 3.63) is 48.0 Å². The van der Waals surface area contributed by atoms with E-state index in [-0.39, 0.29) is 17.9 Å². The molecule has 0 bridgehead atoms. The monoisotopic (exact) mass is 427 g/mol. The van der Waals surface area contributed by atoms with Gasteiger partial charge in [-0.3, -0.25) is 9.48 Å². The largest absolute Gasteiger partial charge is 0.497 e. The Hall–Kier alpha value is -3.53. The van der Waals surface area contributed by atoms with Crippen LogP contribution in [0.15, 0.2) is 36.5 Å².